The van der Waals surface area contributed by atoms with E-state index in [4.69, 9.17) is 0 Å². The number of rotatable bonds is 6. The predicted octanol–water partition coefficient (Wildman–Crippen LogP) is 6.02. The third-order valence-electron chi connectivity index (χ3n) is 6.04. The Morgan fingerprint density at radius 1 is 1.11 bits per heavy atom. The fraction of sp³-hybridized carbons (Fsp3) is 0.400. The fourth-order valence-electron chi connectivity index (χ4n) is 3.91. The van der Waals surface area contributed by atoms with Crippen LogP contribution in [0.3, 0.4) is 0 Å². The molecule has 11 heteroatoms. The molecule has 1 atom stereocenters. The number of alkyl halides is 4. The normalized spacial score (nSPS) is 15.6. The van der Waals surface area contributed by atoms with E-state index in [-0.39, 0.29) is 41.0 Å². The Hall–Kier alpha value is -3.26. The van der Waals surface area contributed by atoms with Crippen molar-refractivity contribution in [3.63, 3.8) is 0 Å². The molecule has 3 aromatic rings. The number of pyridine rings is 1. The molecule has 0 aliphatic heterocycles. The summed E-state index contributed by atoms with van der Waals surface area (Å²) in [4.78, 5) is 21.5. The molecule has 1 fully saturated rings. The first kappa shape index (κ1) is 25.8. The van der Waals surface area contributed by atoms with Crippen molar-refractivity contribution < 1.29 is 22.0 Å². The summed E-state index contributed by atoms with van der Waals surface area (Å²) in [5.41, 5.74) is 0.364. The summed E-state index contributed by atoms with van der Waals surface area (Å²) in [5, 5.41) is 3.26. The van der Waals surface area contributed by atoms with Gasteiger partial charge in [0.2, 0.25) is 5.82 Å². The van der Waals surface area contributed by atoms with E-state index in [1.165, 1.54) is 18.3 Å². The molecular weight excluding hydrogens is 495 g/mol. The highest BCUT2D eigenvalue weighted by atomic mass is 28.3. The van der Waals surface area contributed by atoms with Gasteiger partial charge in [0.15, 0.2) is 0 Å². The van der Waals surface area contributed by atoms with Crippen LogP contribution >= 0.6 is 0 Å². The molecule has 0 radical (unpaired) electrons. The second-order valence-corrected chi connectivity index (χ2v) is 14.7. The summed E-state index contributed by atoms with van der Waals surface area (Å²) < 4.78 is 69.8. The Morgan fingerprint density at radius 3 is 2.36 bits per heavy atom. The van der Waals surface area contributed by atoms with E-state index in [0.717, 1.165) is 16.7 Å². The number of aromatic nitrogens is 3. The summed E-state index contributed by atoms with van der Waals surface area (Å²) in [5.74, 6) is 2.10. The second-order valence-electron chi connectivity index (χ2n) is 10.00. The molecule has 0 unspecified atom stereocenters. The van der Waals surface area contributed by atoms with Crippen molar-refractivity contribution in [2.24, 2.45) is 0 Å². The van der Waals surface area contributed by atoms with Gasteiger partial charge in [0, 0.05) is 17.8 Å². The summed E-state index contributed by atoms with van der Waals surface area (Å²) in [6.07, 6.45) is -4.13. The predicted molar refractivity (Wildman–Crippen MR) is 131 cm³/mol. The van der Waals surface area contributed by atoms with Crippen LogP contribution in [-0.4, -0.2) is 29.0 Å². The zero-order valence-corrected chi connectivity index (χ0v) is 21.2. The lowest BCUT2D eigenvalue weighted by atomic mass is 10.0. The average molecular weight is 521 g/mol. The molecule has 36 heavy (non-hydrogen) atoms. The summed E-state index contributed by atoms with van der Waals surface area (Å²) in [6.45, 7) is 7.64. The van der Waals surface area contributed by atoms with Crippen LogP contribution in [-0.2, 0) is 5.54 Å². The van der Waals surface area contributed by atoms with Crippen LogP contribution in [0.25, 0.3) is 10.9 Å². The Labute approximate surface area is 205 Å². The molecule has 190 valence electrons. The molecule has 1 aliphatic carbocycles. The quantitative estimate of drug-likeness (QED) is 0.245. The van der Waals surface area contributed by atoms with Gasteiger partial charge < -0.3 is 9.88 Å². The highest BCUT2D eigenvalue weighted by molar-refractivity contribution is 6.83. The van der Waals surface area contributed by atoms with Gasteiger partial charge in [0.1, 0.15) is 25.2 Å². The molecule has 0 amide bonds. The van der Waals surface area contributed by atoms with E-state index in [1.807, 2.05) is 19.6 Å². The molecule has 1 N–H and O–H groups in total. The van der Waals surface area contributed by atoms with Crippen molar-refractivity contribution in [1.82, 2.24) is 14.5 Å². The number of hydrogen-bond acceptors (Lipinski definition) is 4. The maximum absolute atomic E-state index is 14.8. The van der Waals surface area contributed by atoms with Gasteiger partial charge in [0.05, 0.1) is 22.5 Å². The topological polar surface area (TPSA) is 59.8 Å². The fourth-order valence-corrected chi connectivity index (χ4v) is 4.39. The molecule has 0 saturated heterocycles. The third kappa shape index (κ3) is 5.00. The van der Waals surface area contributed by atoms with Crippen LogP contribution < -0.4 is 10.9 Å². The van der Waals surface area contributed by atoms with E-state index in [0.29, 0.717) is 0 Å². The van der Waals surface area contributed by atoms with E-state index >= 15 is 0 Å². The number of hydrogen-bond donors (Lipinski definition) is 1. The van der Waals surface area contributed by atoms with Crippen LogP contribution in [0.15, 0.2) is 35.3 Å². The van der Waals surface area contributed by atoms with Gasteiger partial charge >= 0.3 is 0 Å². The smallest absolute Gasteiger partial charge is 0.266 e. The van der Waals surface area contributed by atoms with E-state index in [2.05, 4.69) is 26.7 Å². The highest BCUT2D eigenvalue weighted by Crippen LogP contribution is 2.48. The third-order valence-corrected chi connectivity index (χ3v) is 6.92. The van der Waals surface area contributed by atoms with Crippen LogP contribution in [0.1, 0.15) is 49.2 Å². The van der Waals surface area contributed by atoms with Crippen molar-refractivity contribution in [3.05, 3.63) is 63.6 Å². The number of nitrogens with zero attached hydrogens (tertiary/aromatic N) is 3. The highest BCUT2D eigenvalue weighted by Gasteiger charge is 2.53. The molecule has 1 aromatic carbocycles. The van der Waals surface area contributed by atoms with Gasteiger partial charge in [-0.3, -0.25) is 4.79 Å². The van der Waals surface area contributed by atoms with Gasteiger partial charge in [-0.1, -0.05) is 37.8 Å². The molecule has 0 bridgehead atoms. The van der Waals surface area contributed by atoms with Gasteiger partial charge in [-0.2, -0.15) is 0 Å². The van der Waals surface area contributed by atoms with Gasteiger partial charge in [-0.25, -0.2) is 31.9 Å². The average Bonchev–Trinajstić information content (AvgIpc) is 3.58. The summed E-state index contributed by atoms with van der Waals surface area (Å²) in [7, 11) is -1.81. The largest absolute Gasteiger partial charge is 0.363 e. The molecule has 5 nitrogen and oxygen atoms in total. The zero-order chi connectivity index (χ0) is 26.4. The van der Waals surface area contributed by atoms with E-state index in [9.17, 15) is 26.7 Å². The molecule has 1 aliphatic rings. The molecular formula is C25H25F5N4OSi. The summed E-state index contributed by atoms with van der Waals surface area (Å²) in [6, 6.07) is 4.05. The van der Waals surface area contributed by atoms with Crippen molar-refractivity contribution in [1.29, 1.82) is 0 Å². The maximum Gasteiger partial charge on any atom is 0.266 e. The number of halogens is 5. The lowest BCUT2D eigenvalue weighted by molar-refractivity contribution is 0.0654. The van der Waals surface area contributed by atoms with Gasteiger partial charge in [-0.05, 0) is 25.7 Å². The van der Waals surface area contributed by atoms with Crippen LogP contribution in [0.4, 0.5) is 27.8 Å². The SMILES string of the molecule is C[C@@H](Nc1nc(C#C[Si](C)(C)C)nc2cc(=O)n(C3(C(F)F)CC3)cc12)c1cccc(C(F)F)c1F. The molecule has 2 heterocycles. The standard InChI is InChI=1S/C25H25F5N4OSi/c1-14(15-6-5-7-16(21(15)26)22(27)28)31-23-17-13-34(25(9-10-25)24(29)30)20(35)12-18(17)32-19(33-23)8-11-36(2,3)4/h5-7,12-14,22,24H,9-10H2,1-4H3,(H,31,32,33)/t14-/m1/s1. The van der Waals surface area contributed by atoms with E-state index in [1.54, 1.807) is 6.92 Å². The Morgan fingerprint density at radius 2 is 1.78 bits per heavy atom. The molecule has 4 rings (SSSR count). The van der Waals surface area contributed by atoms with Gasteiger partial charge in [-0.15, -0.1) is 5.54 Å². The number of benzene rings is 1. The first-order chi connectivity index (χ1) is 16.8. The minimum atomic E-state index is -2.99. The lowest BCUT2D eigenvalue weighted by Crippen LogP contribution is -2.35. The van der Waals surface area contributed by atoms with Crippen LogP contribution in [0.2, 0.25) is 19.6 Å². The minimum Gasteiger partial charge on any atom is -0.363 e. The van der Waals surface area contributed by atoms with Crippen molar-refractivity contribution in [2.45, 2.75) is 63.8 Å². The van der Waals surface area contributed by atoms with Crippen molar-refractivity contribution in [3.8, 4) is 11.5 Å². The molecule has 1 saturated carbocycles. The Balaban J connectivity index is 1.86. The maximum atomic E-state index is 14.8. The minimum absolute atomic E-state index is 0.0196. The lowest BCUT2D eigenvalue weighted by Gasteiger charge is -2.21. The van der Waals surface area contributed by atoms with E-state index < -0.39 is 49.4 Å². The number of fused-ring (bicyclic) bond motifs is 1. The molecule has 2 aromatic heterocycles. The summed E-state index contributed by atoms with van der Waals surface area (Å²) >= 11 is 0. The van der Waals surface area contributed by atoms with Crippen LogP contribution in [0, 0.1) is 17.3 Å². The number of anilines is 1. The first-order valence-electron chi connectivity index (χ1n) is 11.4. The van der Waals surface area contributed by atoms with Crippen molar-refractivity contribution in [2.75, 3.05) is 5.32 Å². The zero-order valence-electron chi connectivity index (χ0n) is 20.2. The van der Waals surface area contributed by atoms with Gasteiger partial charge in [0.25, 0.3) is 18.4 Å². The van der Waals surface area contributed by atoms with Crippen LogP contribution in [0.5, 0.6) is 0 Å². The van der Waals surface area contributed by atoms with Crippen molar-refractivity contribution >= 4 is 24.8 Å². The Bertz CT molecular complexity index is 1430. The first-order valence-corrected chi connectivity index (χ1v) is 14.9. The number of nitrogens with one attached hydrogen (secondary N) is 1. The second kappa shape index (κ2) is 9.31. The Kier molecular flexibility index (Phi) is 6.68. The molecule has 0 spiro atoms. The monoisotopic (exact) mass is 520 g/mol.